The fourth-order valence-electron chi connectivity index (χ4n) is 2.98. The van der Waals surface area contributed by atoms with Gasteiger partial charge in [-0.15, -0.1) is 11.3 Å². The number of thiazole rings is 1. The largest absolute Gasteiger partial charge is 0.355 e. The van der Waals surface area contributed by atoms with Gasteiger partial charge in [-0.2, -0.15) is 0 Å². The summed E-state index contributed by atoms with van der Waals surface area (Å²) in [6.07, 6.45) is 4.19. The number of carbonyl (C=O) groups excluding carboxylic acids is 1. The lowest BCUT2D eigenvalue weighted by atomic mass is 9.87. The molecule has 140 valence electrons. The summed E-state index contributed by atoms with van der Waals surface area (Å²) in [5, 5.41) is 5.93. The van der Waals surface area contributed by atoms with E-state index in [0.29, 0.717) is 13.0 Å². The van der Waals surface area contributed by atoms with E-state index in [-0.39, 0.29) is 23.6 Å². The van der Waals surface area contributed by atoms with Crippen LogP contribution < -0.4 is 5.32 Å². The zero-order valence-corrected chi connectivity index (χ0v) is 16.2. The monoisotopic (exact) mass is 383 g/mol. The van der Waals surface area contributed by atoms with E-state index in [2.05, 4.69) is 15.3 Å². The number of rotatable bonds is 7. The van der Waals surface area contributed by atoms with Crippen LogP contribution in [-0.2, 0) is 11.2 Å². The Labute approximate surface area is 162 Å². The normalized spacial score (nSPS) is 12.1. The molecular weight excluding hydrogens is 361 g/mol. The number of nitrogens with one attached hydrogen (secondary N) is 1. The van der Waals surface area contributed by atoms with E-state index < -0.39 is 0 Å². The minimum atomic E-state index is -0.299. The number of hydrogen-bond acceptors (Lipinski definition) is 4. The van der Waals surface area contributed by atoms with Crippen molar-refractivity contribution in [1.29, 1.82) is 0 Å². The van der Waals surface area contributed by atoms with Gasteiger partial charge in [-0.25, -0.2) is 9.37 Å². The van der Waals surface area contributed by atoms with Crippen LogP contribution in [0.15, 0.2) is 54.2 Å². The minimum Gasteiger partial charge on any atom is -0.355 e. The molecule has 3 rings (SSSR count). The molecule has 0 saturated heterocycles. The van der Waals surface area contributed by atoms with Crippen LogP contribution in [0.2, 0.25) is 0 Å². The van der Waals surface area contributed by atoms with E-state index in [1.165, 1.54) is 12.1 Å². The minimum absolute atomic E-state index is 0.0423. The average Bonchev–Trinajstić information content (AvgIpc) is 3.13. The smallest absolute Gasteiger partial charge is 0.227 e. The molecule has 2 heterocycles. The van der Waals surface area contributed by atoms with E-state index >= 15 is 0 Å². The van der Waals surface area contributed by atoms with Gasteiger partial charge in [-0.05, 0) is 35.7 Å². The molecule has 0 aliphatic rings. The lowest BCUT2D eigenvalue weighted by Crippen LogP contribution is -2.33. The summed E-state index contributed by atoms with van der Waals surface area (Å²) in [5.41, 5.74) is 2.77. The van der Waals surface area contributed by atoms with Crippen molar-refractivity contribution in [3.8, 4) is 10.6 Å². The molecule has 1 aromatic carbocycles. The van der Waals surface area contributed by atoms with Crippen LogP contribution in [0.5, 0.6) is 0 Å². The highest BCUT2D eigenvalue weighted by Crippen LogP contribution is 2.25. The topological polar surface area (TPSA) is 54.9 Å². The van der Waals surface area contributed by atoms with Crippen LogP contribution in [0.3, 0.4) is 0 Å². The molecule has 0 radical (unpaired) electrons. The van der Waals surface area contributed by atoms with E-state index in [1.54, 1.807) is 35.9 Å². The first-order valence-electron chi connectivity index (χ1n) is 8.92. The summed E-state index contributed by atoms with van der Waals surface area (Å²) >= 11 is 1.57. The third kappa shape index (κ3) is 4.98. The summed E-state index contributed by atoms with van der Waals surface area (Å²) in [4.78, 5) is 21.4. The Bertz CT molecular complexity index is 878. The first-order valence-corrected chi connectivity index (χ1v) is 9.80. The van der Waals surface area contributed by atoms with Gasteiger partial charge in [-0.3, -0.25) is 9.78 Å². The van der Waals surface area contributed by atoms with E-state index in [1.807, 2.05) is 31.4 Å². The highest BCUT2D eigenvalue weighted by atomic mass is 32.1. The lowest BCUT2D eigenvalue weighted by molar-refractivity contribution is -0.123. The molecule has 3 aromatic rings. The van der Waals surface area contributed by atoms with Gasteiger partial charge in [0.15, 0.2) is 0 Å². The van der Waals surface area contributed by atoms with Crippen molar-refractivity contribution in [2.24, 2.45) is 5.92 Å². The zero-order chi connectivity index (χ0) is 19.2. The highest BCUT2D eigenvalue weighted by molar-refractivity contribution is 7.13. The maximum absolute atomic E-state index is 13.2. The van der Waals surface area contributed by atoms with Crippen molar-refractivity contribution in [3.63, 3.8) is 0 Å². The molecule has 27 heavy (non-hydrogen) atoms. The van der Waals surface area contributed by atoms with E-state index in [4.69, 9.17) is 0 Å². The van der Waals surface area contributed by atoms with Crippen molar-refractivity contribution in [2.75, 3.05) is 6.54 Å². The highest BCUT2D eigenvalue weighted by Gasteiger charge is 2.23. The molecule has 0 bridgehead atoms. The number of nitrogens with zero attached hydrogens (tertiary/aromatic N) is 2. The number of pyridine rings is 1. The van der Waals surface area contributed by atoms with Crippen LogP contribution in [0.1, 0.15) is 31.0 Å². The summed E-state index contributed by atoms with van der Waals surface area (Å²) in [6, 6.07) is 10.0. The number of aromatic nitrogens is 2. The molecule has 0 fully saturated rings. The summed E-state index contributed by atoms with van der Waals surface area (Å²) in [7, 11) is 0. The molecule has 0 spiro atoms. The van der Waals surface area contributed by atoms with Gasteiger partial charge in [0.05, 0.1) is 11.6 Å². The third-order valence-electron chi connectivity index (χ3n) is 4.32. The maximum Gasteiger partial charge on any atom is 0.227 e. The van der Waals surface area contributed by atoms with Gasteiger partial charge in [0, 0.05) is 36.3 Å². The number of amides is 1. The van der Waals surface area contributed by atoms with Crippen molar-refractivity contribution in [2.45, 2.75) is 26.2 Å². The predicted molar refractivity (Wildman–Crippen MR) is 106 cm³/mol. The second-order valence-electron chi connectivity index (χ2n) is 6.70. The van der Waals surface area contributed by atoms with Crippen LogP contribution in [0.4, 0.5) is 4.39 Å². The van der Waals surface area contributed by atoms with Gasteiger partial charge in [0.2, 0.25) is 5.91 Å². The molecule has 1 amide bonds. The maximum atomic E-state index is 13.2. The van der Waals surface area contributed by atoms with Crippen molar-refractivity contribution >= 4 is 17.2 Å². The predicted octanol–water partition coefficient (Wildman–Crippen LogP) is 4.44. The fraction of sp³-hybridized carbons (Fsp3) is 0.286. The lowest BCUT2D eigenvalue weighted by Gasteiger charge is -2.20. The summed E-state index contributed by atoms with van der Waals surface area (Å²) in [6.45, 7) is 4.50. The molecule has 4 nitrogen and oxygen atoms in total. The molecule has 1 unspecified atom stereocenters. The molecule has 1 N–H and O–H groups in total. The number of hydrogen-bond donors (Lipinski definition) is 1. The van der Waals surface area contributed by atoms with Gasteiger partial charge < -0.3 is 5.32 Å². The van der Waals surface area contributed by atoms with Crippen LogP contribution >= 0.6 is 11.3 Å². The fourth-order valence-corrected chi connectivity index (χ4v) is 3.82. The van der Waals surface area contributed by atoms with Gasteiger partial charge in [0.1, 0.15) is 10.8 Å². The molecule has 1 atom stereocenters. The van der Waals surface area contributed by atoms with E-state index in [9.17, 15) is 9.18 Å². The Kier molecular flexibility index (Phi) is 6.29. The molecular formula is C21H22FN3OS. The summed E-state index contributed by atoms with van der Waals surface area (Å²) < 4.78 is 13.2. The first kappa shape index (κ1) is 19.2. The van der Waals surface area contributed by atoms with Gasteiger partial charge >= 0.3 is 0 Å². The Morgan fingerprint density at radius 3 is 2.67 bits per heavy atom. The second kappa shape index (κ2) is 8.86. The SMILES string of the molecule is CC(C)C(C(=O)NCCc1csc(-c2cccnc2)n1)c1ccc(F)cc1. The number of halogens is 1. The average molecular weight is 383 g/mol. The Morgan fingerprint density at radius 1 is 1.22 bits per heavy atom. The number of carbonyl (C=O) groups is 1. The van der Waals surface area contributed by atoms with Crippen LogP contribution in [0, 0.1) is 11.7 Å². The second-order valence-corrected chi connectivity index (χ2v) is 7.56. The van der Waals surface area contributed by atoms with Crippen molar-refractivity contribution < 1.29 is 9.18 Å². The molecule has 6 heteroatoms. The van der Waals surface area contributed by atoms with Gasteiger partial charge in [0.25, 0.3) is 0 Å². The Hall–Kier alpha value is -2.60. The number of benzene rings is 1. The van der Waals surface area contributed by atoms with Crippen LogP contribution in [0.25, 0.3) is 10.6 Å². The zero-order valence-electron chi connectivity index (χ0n) is 15.4. The van der Waals surface area contributed by atoms with Crippen LogP contribution in [-0.4, -0.2) is 22.4 Å². The quantitative estimate of drug-likeness (QED) is 0.656. The molecule has 0 saturated carbocycles. The molecule has 2 aromatic heterocycles. The summed E-state index contributed by atoms with van der Waals surface area (Å²) in [5.74, 6) is -0.521. The molecule has 0 aliphatic carbocycles. The Morgan fingerprint density at radius 2 is 2.00 bits per heavy atom. The van der Waals surface area contributed by atoms with Crippen molar-refractivity contribution in [3.05, 3.63) is 71.2 Å². The van der Waals surface area contributed by atoms with E-state index in [0.717, 1.165) is 21.8 Å². The first-order chi connectivity index (χ1) is 13.0. The Balaban J connectivity index is 1.58. The standard InChI is InChI=1S/C21H22FN3OS/c1-14(2)19(15-5-7-17(22)8-6-15)20(26)24-11-9-18-13-27-21(25-18)16-4-3-10-23-12-16/h3-8,10,12-14,19H,9,11H2,1-2H3,(H,24,26). The third-order valence-corrected chi connectivity index (χ3v) is 5.26. The molecule has 0 aliphatic heterocycles. The van der Waals surface area contributed by atoms with Gasteiger partial charge in [-0.1, -0.05) is 26.0 Å². The van der Waals surface area contributed by atoms with Crippen molar-refractivity contribution in [1.82, 2.24) is 15.3 Å².